The predicted molar refractivity (Wildman–Crippen MR) is 78.4 cm³/mol. The van der Waals surface area contributed by atoms with Gasteiger partial charge in [-0.25, -0.2) is 4.79 Å². The van der Waals surface area contributed by atoms with Crippen LogP contribution < -0.4 is 0 Å². The van der Waals surface area contributed by atoms with Gasteiger partial charge in [0.05, 0.1) is 0 Å². The minimum absolute atomic E-state index is 0.156. The van der Waals surface area contributed by atoms with E-state index >= 15 is 0 Å². The van der Waals surface area contributed by atoms with Gasteiger partial charge >= 0.3 is 5.97 Å². The topological polar surface area (TPSA) is 54.4 Å². The molecule has 0 fully saturated rings. The number of aryl methyl sites for hydroxylation is 1. The molecule has 0 saturated carbocycles. The number of carbonyl (C=O) groups is 2. The maximum absolute atomic E-state index is 12.2. The summed E-state index contributed by atoms with van der Waals surface area (Å²) in [7, 11) is 0. The third-order valence-corrected chi connectivity index (χ3v) is 4.26. The Morgan fingerprint density at radius 3 is 2.50 bits per heavy atom. The normalized spacial score (nSPS) is 16.4. The zero-order chi connectivity index (χ0) is 15.1. The Kier molecular flexibility index (Phi) is 3.55. The van der Waals surface area contributed by atoms with Gasteiger partial charge in [-0.05, 0) is 60.4 Å². The van der Waals surface area contributed by atoms with Gasteiger partial charge in [0.15, 0.2) is 5.78 Å². The van der Waals surface area contributed by atoms with Gasteiger partial charge in [-0.3, -0.25) is 4.79 Å². The number of benzene rings is 1. The molecule has 0 atom stereocenters. The molecule has 1 aromatic rings. The van der Waals surface area contributed by atoms with Gasteiger partial charge in [-0.15, -0.1) is 0 Å². The summed E-state index contributed by atoms with van der Waals surface area (Å²) in [5, 5.41) is 8.63. The summed E-state index contributed by atoms with van der Waals surface area (Å²) in [4.78, 5) is 22.7. The first kappa shape index (κ1) is 14.5. The number of hydrogen-bond acceptors (Lipinski definition) is 2. The third-order valence-electron chi connectivity index (χ3n) is 4.26. The Hall–Kier alpha value is -1.90. The van der Waals surface area contributed by atoms with Crippen LogP contribution >= 0.6 is 0 Å². The average Bonchev–Trinajstić information content (AvgIpc) is 2.63. The molecule has 0 amide bonds. The van der Waals surface area contributed by atoms with Crippen LogP contribution in [0, 0.1) is 13.8 Å². The van der Waals surface area contributed by atoms with Gasteiger partial charge in [-0.1, -0.05) is 19.9 Å². The summed E-state index contributed by atoms with van der Waals surface area (Å²) in [5.41, 5.74) is 5.32. The zero-order valence-corrected chi connectivity index (χ0v) is 12.4. The van der Waals surface area contributed by atoms with E-state index in [-0.39, 0.29) is 11.2 Å². The highest BCUT2D eigenvalue weighted by Gasteiger charge is 2.32. The van der Waals surface area contributed by atoms with E-state index in [0.717, 1.165) is 36.1 Å². The Bertz CT molecular complexity index is 622. The number of ketones is 1. The van der Waals surface area contributed by atoms with Gasteiger partial charge in [0.25, 0.3) is 0 Å². The molecule has 20 heavy (non-hydrogen) atoms. The first-order chi connectivity index (χ1) is 9.24. The zero-order valence-electron chi connectivity index (χ0n) is 12.4. The van der Waals surface area contributed by atoms with Crippen LogP contribution in [-0.2, 0) is 16.6 Å². The number of allylic oxidation sites excluding steroid dienone is 1. The molecule has 1 aliphatic rings. The standard InChI is InChI=1S/C17H20O3/c1-10-9-13-12(7-8-17(13,3)4)11(2)16(10)14(18)5-6-15(19)20/h5-6,9H,7-8H2,1-4H3,(H,19,20). The molecule has 3 nitrogen and oxygen atoms in total. The number of fused-ring (bicyclic) bond motifs is 1. The molecule has 3 heteroatoms. The molecule has 0 unspecified atom stereocenters. The number of aliphatic carboxylic acids is 1. The molecular weight excluding hydrogens is 252 g/mol. The van der Waals surface area contributed by atoms with E-state index in [1.165, 1.54) is 11.1 Å². The lowest BCUT2D eigenvalue weighted by Gasteiger charge is -2.21. The van der Waals surface area contributed by atoms with Crippen LogP contribution in [0.5, 0.6) is 0 Å². The van der Waals surface area contributed by atoms with Crippen molar-refractivity contribution in [3.8, 4) is 0 Å². The molecule has 1 aromatic carbocycles. The lowest BCUT2D eigenvalue weighted by atomic mass is 9.83. The first-order valence-corrected chi connectivity index (χ1v) is 6.83. The first-order valence-electron chi connectivity index (χ1n) is 6.83. The van der Waals surface area contributed by atoms with Crippen LogP contribution in [0.3, 0.4) is 0 Å². The van der Waals surface area contributed by atoms with E-state index < -0.39 is 5.97 Å². The smallest absolute Gasteiger partial charge is 0.328 e. The number of hydrogen-bond donors (Lipinski definition) is 1. The maximum Gasteiger partial charge on any atom is 0.328 e. The Morgan fingerprint density at radius 1 is 1.25 bits per heavy atom. The van der Waals surface area contributed by atoms with Gasteiger partial charge < -0.3 is 5.11 Å². The summed E-state index contributed by atoms with van der Waals surface area (Å²) in [6, 6.07) is 2.09. The molecule has 1 N–H and O–H groups in total. The van der Waals surface area contributed by atoms with Crippen molar-refractivity contribution in [2.45, 2.75) is 46.0 Å². The monoisotopic (exact) mass is 272 g/mol. The molecule has 0 aromatic heterocycles. The molecule has 0 spiro atoms. The van der Waals surface area contributed by atoms with E-state index in [4.69, 9.17) is 5.11 Å². The van der Waals surface area contributed by atoms with Crippen molar-refractivity contribution in [2.75, 3.05) is 0 Å². The van der Waals surface area contributed by atoms with Crippen LogP contribution in [0.4, 0.5) is 0 Å². The highest BCUT2D eigenvalue weighted by Crippen LogP contribution is 2.41. The minimum Gasteiger partial charge on any atom is -0.478 e. The molecular formula is C17H20O3. The number of carbonyl (C=O) groups excluding carboxylic acids is 1. The predicted octanol–water partition coefficient (Wildman–Crippen LogP) is 3.35. The summed E-state index contributed by atoms with van der Waals surface area (Å²) in [5.74, 6) is -1.33. The van der Waals surface area contributed by atoms with Crippen LogP contribution in [0.2, 0.25) is 0 Å². The van der Waals surface area contributed by atoms with Gasteiger partial charge in [-0.2, -0.15) is 0 Å². The lowest BCUT2D eigenvalue weighted by Crippen LogP contribution is -2.14. The van der Waals surface area contributed by atoms with Crippen LogP contribution in [-0.4, -0.2) is 16.9 Å². The molecule has 106 valence electrons. The van der Waals surface area contributed by atoms with Gasteiger partial charge in [0.2, 0.25) is 0 Å². The fraction of sp³-hybridized carbons (Fsp3) is 0.412. The molecule has 0 heterocycles. The average molecular weight is 272 g/mol. The van der Waals surface area contributed by atoms with E-state index in [9.17, 15) is 9.59 Å². The van der Waals surface area contributed by atoms with Crippen molar-refractivity contribution in [3.05, 3.63) is 46.0 Å². The lowest BCUT2D eigenvalue weighted by molar-refractivity contribution is -0.131. The largest absolute Gasteiger partial charge is 0.478 e. The van der Waals surface area contributed by atoms with Crippen molar-refractivity contribution in [2.24, 2.45) is 0 Å². The molecule has 0 radical (unpaired) electrons. The summed E-state index contributed by atoms with van der Waals surface area (Å²) >= 11 is 0. The van der Waals surface area contributed by atoms with Crippen molar-refractivity contribution in [1.82, 2.24) is 0 Å². The van der Waals surface area contributed by atoms with E-state index in [0.29, 0.717) is 5.56 Å². The second-order valence-corrected chi connectivity index (χ2v) is 6.14. The second-order valence-electron chi connectivity index (χ2n) is 6.14. The molecule has 0 aliphatic heterocycles. The van der Waals surface area contributed by atoms with Crippen molar-refractivity contribution < 1.29 is 14.7 Å². The fourth-order valence-corrected chi connectivity index (χ4v) is 3.13. The second kappa shape index (κ2) is 4.89. The number of rotatable bonds is 3. The molecule has 2 rings (SSSR count). The number of carboxylic acid groups (broad SMARTS) is 1. The van der Waals surface area contributed by atoms with Crippen LogP contribution in [0.15, 0.2) is 18.2 Å². The van der Waals surface area contributed by atoms with Crippen molar-refractivity contribution in [1.29, 1.82) is 0 Å². The van der Waals surface area contributed by atoms with Crippen molar-refractivity contribution >= 4 is 11.8 Å². The highest BCUT2D eigenvalue weighted by atomic mass is 16.4. The Labute approximate surface area is 119 Å². The fourth-order valence-electron chi connectivity index (χ4n) is 3.13. The van der Waals surface area contributed by atoms with E-state index in [1.54, 1.807) is 0 Å². The molecule has 0 saturated heterocycles. The third kappa shape index (κ3) is 2.40. The Morgan fingerprint density at radius 2 is 1.90 bits per heavy atom. The molecule has 1 aliphatic carbocycles. The van der Waals surface area contributed by atoms with Crippen molar-refractivity contribution in [3.63, 3.8) is 0 Å². The van der Waals surface area contributed by atoms with E-state index in [1.807, 2.05) is 13.8 Å². The molecule has 0 bridgehead atoms. The summed E-state index contributed by atoms with van der Waals surface area (Å²) in [6.07, 6.45) is 4.12. The van der Waals surface area contributed by atoms with Crippen LogP contribution in [0.25, 0.3) is 0 Å². The highest BCUT2D eigenvalue weighted by molar-refractivity contribution is 6.09. The van der Waals surface area contributed by atoms with Gasteiger partial charge in [0.1, 0.15) is 0 Å². The summed E-state index contributed by atoms with van der Waals surface area (Å²) < 4.78 is 0. The van der Waals surface area contributed by atoms with Crippen LogP contribution in [0.1, 0.15) is 52.9 Å². The SMILES string of the molecule is Cc1cc2c(c(C)c1C(=O)C=CC(=O)O)CCC2(C)C. The quantitative estimate of drug-likeness (QED) is 0.678. The maximum atomic E-state index is 12.2. The van der Waals surface area contributed by atoms with Gasteiger partial charge in [0, 0.05) is 11.6 Å². The van der Waals surface area contributed by atoms with E-state index in [2.05, 4.69) is 19.9 Å². The minimum atomic E-state index is -1.10. The number of carboxylic acids is 1. The Balaban J connectivity index is 2.53. The summed E-state index contributed by atoms with van der Waals surface area (Å²) in [6.45, 7) is 8.34.